The van der Waals surface area contributed by atoms with E-state index in [1.165, 1.54) is 18.2 Å². The number of benzene rings is 2. The van der Waals surface area contributed by atoms with Crippen LogP contribution < -0.4 is 10.1 Å². The number of nitrogens with one attached hydrogen (secondary N) is 1. The molecular weight excluding hydrogens is 390 g/mol. The van der Waals surface area contributed by atoms with Gasteiger partial charge < -0.3 is 10.1 Å². The molecule has 0 fully saturated rings. The van der Waals surface area contributed by atoms with Crippen molar-refractivity contribution in [1.82, 2.24) is 20.1 Å². The molecule has 1 aliphatic rings. The van der Waals surface area contributed by atoms with E-state index in [1.54, 1.807) is 37.6 Å². The molecule has 1 aliphatic heterocycles. The number of aromatic nitrogens is 3. The lowest BCUT2D eigenvalue weighted by atomic mass is 9.99. The van der Waals surface area contributed by atoms with Gasteiger partial charge >= 0.3 is 0 Å². The van der Waals surface area contributed by atoms with Crippen LogP contribution in [0.3, 0.4) is 0 Å². The Kier molecular flexibility index (Phi) is 5.24. The molecule has 8 heteroatoms. The Morgan fingerprint density at radius 3 is 2.73 bits per heavy atom. The summed E-state index contributed by atoms with van der Waals surface area (Å²) in [5.41, 5.74) is 2.47. The third-order valence-electron chi connectivity index (χ3n) is 5.11. The Morgan fingerprint density at radius 1 is 1.23 bits per heavy atom. The van der Waals surface area contributed by atoms with Gasteiger partial charge in [-0.25, -0.2) is 18.4 Å². The van der Waals surface area contributed by atoms with E-state index >= 15 is 0 Å². The highest BCUT2D eigenvalue weighted by molar-refractivity contribution is 5.76. The van der Waals surface area contributed by atoms with E-state index < -0.39 is 0 Å². The average molecular weight is 412 g/mol. The highest BCUT2D eigenvalue weighted by Crippen LogP contribution is 2.40. The van der Waals surface area contributed by atoms with Gasteiger partial charge in [-0.3, -0.25) is 4.79 Å². The summed E-state index contributed by atoms with van der Waals surface area (Å²) in [4.78, 5) is 16.4. The molecule has 0 bridgehead atoms. The number of fused-ring (bicyclic) bond motifs is 1. The number of hydrogen-bond acceptors (Lipinski definition) is 4. The fourth-order valence-corrected chi connectivity index (χ4v) is 3.67. The number of carbonyl (C=O) groups is 1. The summed E-state index contributed by atoms with van der Waals surface area (Å²) in [6.45, 7) is 5.57. The number of carbonyl (C=O) groups excluding carboxylic acids is 1. The summed E-state index contributed by atoms with van der Waals surface area (Å²) in [5, 5.41) is 7.01. The molecule has 1 amide bonds. The zero-order valence-corrected chi connectivity index (χ0v) is 17.0. The Hall–Kier alpha value is -3.29. The van der Waals surface area contributed by atoms with Crippen LogP contribution in [0.2, 0.25) is 0 Å². The number of hydrogen-bond donors (Lipinski definition) is 1. The first-order chi connectivity index (χ1) is 14.3. The molecule has 2 aromatic carbocycles. The quantitative estimate of drug-likeness (QED) is 0.698. The van der Waals surface area contributed by atoms with Gasteiger partial charge in [-0.2, -0.15) is 5.10 Å². The van der Waals surface area contributed by atoms with Crippen LogP contribution in [-0.2, 0) is 17.8 Å². The molecule has 0 saturated heterocycles. The minimum absolute atomic E-state index is 0.0705. The summed E-state index contributed by atoms with van der Waals surface area (Å²) >= 11 is 0. The number of halogens is 2. The Labute approximate surface area is 172 Å². The molecule has 1 unspecified atom stereocenters. The molecular formula is C22H22F2N4O2. The Morgan fingerprint density at radius 2 is 2.03 bits per heavy atom. The lowest BCUT2D eigenvalue weighted by Gasteiger charge is -2.14. The monoisotopic (exact) mass is 412 g/mol. The van der Waals surface area contributed by atoms with Crippen molar-refractivity contribution in [2.24, 2.45) is 0 Å². The van der Waals surface area contributed by atoms with E-state index in [-0.39, 0.29) is 36.7 Å². The van der Waals surface area contributed by atoms with E-state index in [0.717, 1.165) is 5.56 Å². The van der Waals surface area contributed by atoms with Crippen LogP contribution in [0, 0.1) is 32.4 Å². The van der Waals surface area contributed by atoms with E-state index in [4.69, 9.17) is 4.74 Å². The summed E-state index contributed by atoms with van der Waals surface area (Å²) in [6.07, 6.45) is 0.159. The Bertz CT molecular complexity index is 1130. The maximum absolute atomic E-state index is 14.2. The van der Waals surface area contributed by atoms with Crippen molar-refractivity contribution in [3.05, 3.63) is 64.7 Å². The minimum atomic E-state index is -0.379. The van der Waals surface area contributed by atoms with Gasteiger partial charge in [-0.15, -0.1) is 0 Å². The lowest BCUT2D eigenvalue weighted by molar-refractivity contribution is -0.122. The lowest BCUT2D eigenvalue weighted by Crippen LogP contribution is -2.36. The van der Waals surface area contributed by atoms with Crippen molar-refractivity contribution in [2.45, 2.75) is 39.8 Å². The molecule has 1 atom stereocenters. The fourth-order valence-electron chi connectivity index (χ4n) is 3.67. The number of rotatable bonds is 5. The fraction of sp³-hybridized carbons (Fsp3) is 0.318. The number of ether oxygens (including phenoxy) is 1. The van der Waals surface area contributed by atoms with Crippen molar-refractivity contribution in [3.8, 4) is 16.9 Å². The van der Waals surface area contributed by atoms with Crippen molar-refractivity contribution in [3.63, 3.8) is 0 Å². The standard InChI is InChI=1S/C22H22F2N4O2/c1-12-6-15(4-5-20(12)24)19-9-17(23)7-16-8-18(30-22(16)19)10-25-21(29)11-28-14(3)26-13(2)27-28/h4-7,9,18H,8,10-11H2,1-3H3,(H,25,29). The number of aryl methyl sites for hydroxylation is 3. The van der Waals surface area contributed by atoms with E-state index in [9.17, 15) is 13.6 Å². The smallest absolute Gasteiger partial charge is 0.241 e. The Balaban J connectivity index is 1.46. The average Bonchev–Trinajstić information content (AvgIpc) is 3.23. The highest BCUT2D eigenvalue weighted by atomic mass is 19.1. The molecule has 2 heterocycles. The van der Waals surface area contributed by atoms with E-state index in [1.807, 2.05) is 0 Å². The number of nitrogens with zero attached hydrogens (tertiary/aromatic N) is 3. The molecule has 0 radical (unpaired) electrons. The largest absolute Gasteiger partial charge is 0.487 e. The third kappa shape index (κ3) is 4.03. The molecule has 4 rings (SSSR count). The highest BCUT2D eigenvalue weighted by Gasteiger charge is 2.27. The van der Waals surface area contributed by atoms with Crippen LogP contribution in [0.1, 0.15) is 22.8 Å². The molecule has 1 aromatic heterocycles. The minimum Gasteiger partial charge on any atom is -0.487 e. The first-order valence-corrected chi connectivity index (χ1v) is 9.70. The first-order valence-electron chi connectivity index (χ1n) is 9.70. The van der Waals surface area contributed by atoms with Crippen LogP contribution in [0.5, 0.6) is 5.75 Å². The molecule has 0 spiro atoms. The van der Waals surface area contributed by atoms with Gasteiger partial charge in [0.2, 0.25) is 5.91 Å². The van der Waals surface area contributed by atoms with Crippen LogP contribution in [0.4, 0.5) is 8.78 Å². The van der Waals surface area contributed by atoms with Gasteiger partial charge in [0.1, 0.15) is 41.7 Å². The van der Waals surface area contributed by atoms with Crippen molar-refractivity contribution in [1.29, 1.82) is 0 Å². The van der Waals surface area contributed by atoms with Gasteiger partial charge in [0, 0.05) is 17.5 Å². The normalized spacial score (nSPS) is 15.0. The maximum Gasteiger partial charge on any atom is 0.241 e. The molecule has 6 nitrogen and oxygen atoms in total. The van der Waals surface area contributed by atoms with Gasteiger partial charge in [0.25, 0.3) is 0 Å². The molecule has 3 aromatic rings. The topological polar surface area (TPSA) is 69.0 Å². The molecule has 1 N–H and O–H groups in total. The first kappa shape index (κ1) is 20.0. The van der Waals surface area contributed by atoms with Gasteiger partial charge in [-0.05, 0) is 56.2 Å². The van der Waals surface area contributed by atoms with Crippen molar-refractivity contribution in [2.75, 3.05) is 6.54 Å². The van der Waals surface area contributed by atoms with Crippen LogP contribution in [0.25, 0.3) is 11.1 Å². The third-order valence-corrected chi connectivity index (χ3v) is 5.11. The SMILES string of the molecule is Cc1nc(C)n(CC(=O)NCC2Cc3cc(F)cc(-c4ccc(F)c(C)c4)c3O2)n1. The molecule has 156 valence electrons. The summed E-state index contributed by atoms with van der Waals surface area (Å²) in [6, 6.07) is 7.48. The zero-order chi connectivity index (χ0) is 21.4. The van der Waals surface area contributed by atoms with Gasteiger partial charge in [0.15, 0.2) is 0 Å². The second-order valence-corrected chi connectivity index (χ2v) is 7.52. The summed E-state index contributed by atoms with van der Waals surface area (Å²) < 4.78 is 35.4. The second kappa shape index (κ2) is 7.85. The number of amides is 1. The predicted octanol–water partition coefficient (Wildman–Crippen LogP) is 3.27. The van der Waals surface area contributed by atoms with Crippen molar-refractivity contribution < 1.29 is 18.3 Å². The predicted molar refractivity (Wildman–Crippen MR) is 107 cm³/mol. The van der Waals surface area contributed by atoms with E-state index in [0.29, 0.717) is 40.5 Å². The van der Waals surface area contributed by atoms with Crippen LogP contribution in [-0.4, -0.2) is 33.3 Å². The zero-order valence-electron chi connectivity index (χ0n) is 17.0. The second-order valence-electron chi connectivity index (χ2n) is 7.52. The van der Waals surface area contributed by atoms with Gasteiger partial charge in [-0.1, -0.05) is 6.07 Å². The van der Waals surface area contributed by atoms with Crippen LogP contribution >= 0.6 is 0 Å². The summed E-state index contributed by atoms with van der Waals surface area (Å²) in [7, 11) is 0. The summed E-state index contributed by atoms with van der Waals surface area (Å²) in [5.74, 6) is 0.956. The molecule has 30 heavy (non-hydrogen) atoms. The molecule has 0 aliphatic carbocycles. The van der Waals surface area contributed by atoms with Crippen LogP contribution in [0.15, 0.2) is 30.3 Å². The van der Waals surface area contributed by atoms with Crippen molar-refractivity contribution >= 4 is 5.91 Å². The molecule has 0 saturated carbocycles. The maximum atomic E-state index is 14.2. The van der Waals surface area contributed by atoms with E-state index in [2.05, 4.69) is 15.4 Å². The van der Waals surface area contributed by atoms with Gasteiger partial charge in [0.05, 0.1) is 6.54 Å².